The molecule has 4 rings (SSSR count). The number of nitrogens with zero attached hydrogens (tertiary/aromatic N) is 4. The summed E-state index contributed by atoms with van der Waals surface area (Å²) in [5, 5.41) is 3.01. The molecule has 1 aliphatic carbocycles. The van der Waals surface area contributed by atoms with Gasteiger partial charge in [-0.2, -0.15) is 8.78 Å². The van der Waals surface area contributed by atoms with Crippen LogP contribution in [0.1, 0.15) is 60.6 Å². The highest BCUT2D eigenvalue weighted by atomic mass is 19.3. The van der Waals surface area contributed by atoms with Crippen LogP contribution in [-0.4, -0.2) is 57.4 Å². The Morgan fingerprint density at radius 1 is 1.19 bits per heavy atom. The Morgan fingerprint density at radius 3 is 2.58 bits per heavy atom. The minimum Gasteiger partial charge on any atom is -0.381 e. The van der Waals surface area contributed by atoms with Gasteiger partial charge in [0, 0.05) is 37.9 Å². The smallest absolute Gasteiger partial charge is 0.345 e. The van der Waals surface area contributed by atoms with Crippen LogP contribution in [0, 0.1) is 0 Å². The van der Waals surface area contributed by atoms with Crippen LogP contribution in [0.2, 0.25) is 0 Å². The highest BCUT2D eigenvalue weighted by molar-refractivity contribution is 5.93. The minimum atomic E-state index is -2.76. The molecule has 168 valence electrons. The number of imidazole rings is 1. The summed E-state index contributed by atoms with van der Waals surface area (Å²) in [6.45, 7) is -1.42. The fourth-order valence-corrected chi connectivity index (χ4v) is 4.22. The molecule has 3 heterocycles. The molecule has 2 aromatic rings. The van der Waals surface area contributed by atoms with Gasteiger partial charge in [0.05, 0.1) is 18.6 Å². The first-order chi connectivity index (χ1) is 15.0. The summed E-state index contributed by atoms with van der Waals surface area (Å²) in [5.74, 6) is 0.387. The van der Waals surface area contributed by atoms with Crippen molar-refractivity contribution in [3.8, 4) is 11.5 Å². The van der Waals surface area contributed by atoms with E-state index in [2.05, 4.69) is 20.0 Å². The van der Waals surface area contributed by atoms with Crippen LogP contribution in [0.4, 0.5) is 8.78 Å². The lowest BCUT2D eigenvalue weighted by Gasteiger charge is -2.28. The molecule has 31 heavy (non-hydrogen) atoms. The Balaban J connectivity index is 1.51. The van der Waals surface area contributed by atoms with Gasteiger partial charge in [-0.3, -0.25) is 4.79 Å². The third kappa shape index (κ3) is 5.43. The van der Waals surface area contributed by atoms with Crippen LogP contribution >= 0.6 is 0 Å². The molecule has 0 atom stereocenters. The molecule has 1 saturated heterocycles. The first kappa shape index (κ1) is 21.8. The van der Waals surface area contributed by atoms with E-state index in [1.165, 1.54) is 0 Å². The third-order valence-corrected chi connectivity index (χ3v) is 5.97. The van der Waals surface area contributed by atoms with Crippen LogP contribution < -0.4 is 5.32 Å². The van der Waals surface area contributed by atoms with E-state index in [0.29, 0.717) is 50.4 Å². The Bertz CT molecular complexity index is 893. The highest BCUT2D eigenvalue weighted by Crippen LogP contribution is 2.28. The van der Waals surface area contributed by atoms with Crippen LogP contribution in [0.25, 0.3) is 11.5 Å². The number of nitrogens with one attached hydrogen (secondary N) is 1. The molecule has 0 spiro atoms. The number of carbonyl (C=O) groups is 1. The second kappa shape index (κ2) is 9.78. The zero-order valence-electron chi connectivity index (χ0n) is 17.5. The lowest BCUT2D eigenvalue weighted by atomic mass is 9.92. The Hall–Kier alpha value is -2.46. The number of ether oxygens (including phenoxy) is 2. The molecule has 0 radical (unpaired) electrons. The molecule has 2 aromatic heterocycles. The second-order valence-corrected chi connectivity index (χ2v) is 8.12. The van der Waals surface area contributed by atoms with E-state index in [0.717, 1.165) is 24.2 Å². The van der Waals surface area contributed by atoms with Gasteiger partial charge in [-0.1, -0.05) is 0 Å². The van der Waals surface area contributed by atoms with E-state index in [4.69, 9.17) is 9.72 Å². The molecule has 2 fully saturated rings. The molecule has 2 aliphatic rings. The monoisotopic (exact) mass is 435 g/mol. The quantitative estimate of drug-likeness (QED) is 0.750. The van der Waals surface area contributed by atoms with Crippen molar-refractivity contribution in [3.05, 3.63) is 30.0 Å². The van der Waals surface area contributed by atoms with Gasteiger partial charge in [-0.25, -0.2) is 15.0 Å². The molecule has 1 aliphatic heterocycles. The van der Waals surface area contributed by atoms with E-state index < -0.39 is 12.7 Å². The van der Waals surface area contributed by atoms with Crippen LogP contribution in [0.3, 0.4) is 0 Å². The summed E-state index contributed by atoms with van der Waals surface area (Å²) in [6.07, 6.45) is 6.75. The predicted octanol–water partition coefficient (Wildman–Crippen LogP) is 3.05. The topological polar surface area (TPSA) is 91.2 Å². The Kier molecular flexibility index (Phi) is 6.86. The highest BCUT2D eigenvalue weighted by Gasteiger charge is 2.27. The maximum absolute atomic E-state index is 13.0. The van der Waals surface area contributed by atoms with Crippen LogP contribution in [0.15, 0.2) is 18.6 Å². The van der Waals surface area contributed by atoms with Gasteiger partial charge in [0.15, 0.2) is 5.82 Å². The number of halogens is 2. The number of aromatic nitrogens is 4. The normalized spacial score (nSPS) is 22.6. The molecule has 1 amide bonds. The predicted molar refractivity (Wildman–Crippen MR) is 108 cm³/mol. The van der Waals surface area contributed by atoms with E-state index in [1.54, 1.807) is 18.6 Å². The molecule has 1 N–H and O–H groups in total. The number of alkyl halides is 2. The average molecular weight is 435 g/mol. The summed E-state index contributed by atoms with van der Waals surface area (Å²) in [5.41, 5.74) is 1.86. The van der Waals surface area contributed by atoms with E-state index in [9.17, 15) is 13.6 Å². The van der Waals surface area contributed by atoms with Crippen molar-refractivity contribution in [2.24, 2.45) is 7.05 Å². The van der Waals surface area contributed by atoms with Crippen molar-refractivity contribution in [1.82, 2.24) is 24.8 Å². The van der Waals surface area contributed by atoms with Crippen LogP contribution in [0.5, 0.6) is 0 Å². The fraction of sp³-hybridized carbons (Fsp3) is 0.619. The van der Waals surface area contributed by atoms with E-state index in [1.807, 2.05) is 11.6 Å². The summed E-state index contributed by atoms with van der Waals surface area (Å²) in [6, 6.07) is 1.67. The number of hydrogen-bond donors (Lipinski definition) is 1. The van der Waals surface area contributed by atoms with E-state index in [-0.39, 0.29) is 17.9 Å². The number of aryl methyl sites for hydroxylation is 1. The summed E-state index contributed by atoms with van der Waals surface area (Å²) in [4.78, 5) is 26.4. The summed E-state index contributed by atoms with van der Waals surface area (Å²) in [7, 11) is 1.85. The molecular formula is C21H27F2N5O3. The number of amides is 1. The molecular weight excluding hydrogens is 408 g/mol. The SMILES string of the molecule is Cn1cncc1-c1nc(C(=O)N[C@H]2CC[C@H](OC(F)F)CC2)cc(C2CCOCC2)n1. The lowest BCUT2D eigenvalue weighted by Crippen LogP contribution is -2.39. The van der Waals surface area contributed by atoms with Gasteiger partial charge >= 0.3 is 6.61 Å². The van der Waals surface area contributed by atoms with Crippen molar-refractivity contribution < 1.29 is 23.0 Å². The van der Waals surface area contributed by atoms with Gasteiger partial charge in [-0.05, 0) is 44.6 Å². The Labute approximate surface area is 179 Å². The Morgan fingerprint density at radius 2 is 1.94 bits per heavy atom. The van der Waals surface area contributed by atoms with Gasteiger partial charge in [0.1, 0.15) is 11.4 Å². The average Bonchev–Trinajstić information content (AvgIpc) is 3.21. The van der Waals surface area contributed by atoms with Crippen molar-refractivity contribution in [1.29, 1.82) is 0 Å². The number of hydrogen-bond acceptors (Lipinski definition) is 6. The second-order valence-electron chi connectivity index (χ2n) is 8.12. The zero-order valence-corrected chi connectivity index (χ0v) is 17.5. The standard InChI is InChI=1S/C21H27F2N5O3/c1-28-12-24-11-18(28)19-26-16(13-6-8-30-9-7-13)10-17(27-19)20(29)25-14-2-4-15(5-3-14)31-21(22)23/h10-15,21H,2-9H2,1H3,(H,25,29)/t14-,15-. The lowest BCUT2D eigenvalue weighted by molar-refractivity contribution is -0.170. The van der Waals surface area contributed by atoms with Gasteiger partial charge in [0.2, 0.25) is 0 Å². The summed E-state index contributed by atoms with van der Waals surface area (Å²) < 4.78 is 36.7. The van der Waals surface area contributed by atoms with Gasteiger partial charge in [-0.15, -0.1) is 0 Å². The molecule has 8 nitrogen and oxygen atoms in total. The van der Waals surface area contributed by atoms with Gasteiger partial charge in [0.25, 0.3) is 5.91 Å². The first-order valence-corrected chi connectivity index (χ1v) is 10.7. The molecule has 0 bridgehead atoms. The molecule has 0 aromatic carbocycles. The number of carbonyl (C=O) groups excluding carboxylic acids is 1. The largest absolute Gasteiger partial charge is 0.381 e. The van der Waals surface area contributed by atoms with Crippen molar-refractivity contribution in [3.63, 3.8) is 0 Å². The van der Waals surface area contributed by atoms with Crippen molar-refractivity contribution in [2.75, 3.05) is 13.2 Å². The molecule has 10 heteroatoms. The van der Waals surface area contributed by atoms with Gasteiger partial charge < -0.3 is 19.4 Å². The molecule has 1 saturated carbocycles. The van der Waals surface area contributed by atoms with Crippen LogP contribution in [-0.2, 0) is 16.5 Å². The van der Waals surface area contributed by atoms with Crippen molar-refractivity contribution in [2.45, 2.75) is 63.2 Å². The number of rotatable bonds is 6. The maximum Gasteiger partial charge on any atom is 0.345 e. The summed E-state index contributed by atoms with van der Waals surface area (Å²) >= 11 is 0. The zero-order chi connectivity index (χ0) is 21.8. The third-order valence-electron chi connectivity index (χ3n) is 5.97. The minimum absolute atomic E-state index is 0.0910. The maximum atomic E-state index is 13.0. The molecule has 0 unspecified atom stereocenters. The fourth-order valence-electron chi connectivity index (χ4n) is 4.22. The first-order valence-electron chi connectivity index (χ1n) is 10.7. The van der Waals surface area contributed by atoms with Crippen molar-refractivity contribution >= 4 is 5.91 Å². The van der Waals surface area contributed by atoms with E-state index >= 15 is 0 Å².